The van der Waals surface area contributed by atoms with Gasteiger partial charge in [0.05, 0.1) is 18.8 Å². The second-order valence-electron chi connectivity index (χ2n) is 4.90. The van der Waals surface area contributed by atoms with Crippen LogP contribution in [0.3, 0.4) is 0 Å². The van der Waals surface area contributed by atoms with Crippen LogP contribution in [0.2, 0.25) is 0 Å². The second kappa shape index (κ2) is 3.65. The summed E-state index contributed by atoms with van der Waals surface area (Å²) in [5, 5.41) is 8.92. The summed E-state index contributed by atoms with van der Waals surface area (Å²) in [5.74, 6) is 0.256. The second-order valence-corrected chi connectivity index (χ2v) is 4.90. The molecule has 2 aliphatic rings. The number of carboxylic acids is 1. The van der Waals surface area contributed by atoms with E-state index in [-0.39, 0.29) is 11.0 Å². The Morgan fingerprint density at radius 2 is 1.88 bits per heavy atom. The first-order chi connectivity index (χ1) is 8.19. The molecule has 0 atom stereocenters. The van der Waals surface area contributed by atoms with Gasteiger partial charge in [0.25, 0.3) is 0 Å². The number of rotatable bonds is 1. The largest absolute Gasteiger partial charge is 0.489 e. The van der Waals surface area contributed by atoms with Crippen molar-refractivity contribution in [3.05, 3.63) is 23.8 Å². The van der Waals surface area contributed by atoms with Gasteiger partial charge in [0, 0.05) is 5.41 Å². The lowest BCUT2D eigenvalue weighted by Gasteiger charge is -2.39. The smallest absolute Gasteiger partial charge is 0.335 e. The molecule has 90 valence electrons. The zero-order valence-corrected chi connectivity index (χ0v) is 9.44. The van der Waals surface area contributed by atoms with Crippen LogP contribution in [0.1, 0.15) is 29.6 Å². The first-order valence-electron chi connectivity index (χ1n) is 5.82. The summed E-state index contributed by atoms with van der Waals surface area (Å²) >= 11 is 0. The van der Waals surface area contributed by atoms with Gasteiger partial charge in [-0.3, -0.25) is 0 Å². The summed E-state index contributed by atoms with van der Waals surface area (Å²) in [6, 6.07) is 4.76. The number of benzene rings is 1. The average Bonchev–Trinajstić information content (AvgIpc) is 2.46. The standard InChI is InChI=1S/C13H14O4/c14-12(15)9-2-3-10-11(6-9)17-8-13(7-16-10)4-1-5-13/h2-3,6H,1,4-5,7-8H2,(H,14,15). The van der Waals surface area contributed by atoms with Crippen molar-refractivity contribution in [2.75, 3.05) is 13.2 Å². The zero-order valence-electron chi connectivity index (χ0n) is 9.44. The highest BCUT2D eigenvalue weighted by atomic mass is 16.5. The van der Waals surface area contributed by atoms with Gasteiger partial charge in [-0.2, -0.15) is 0 Å². The average molecular weight is 234 g/mol. The Labute approximate surface area is 99.2 Å². The molecular formula is C13H14O4. The molecule has 0 bridgehead atoms. The fraction of sp³-hybridized carbons (Fsp3) is 0.462. The Kier molecular flexibility index (Phi) is 2.24. The number of hydrogen-bond donors (Lipinski definition) is 1. The summed E-state index contributed by atoms with van der Waals surface area (Å²) < 4.78 is 11.4. The molecule has 0 unspecified atom stereocenters. The minimum atomic E-state index is -0.945. The maximum atomic E-state index is 10.9. The van der Waals surface area contributed by atoms with E-state index in [0.717, 1.165) is 12.8 Å². The van der Waals surface area contributed by atoms with Crippen molar-refractivity contribution >= 4 is 5.97 Å². The lowest BCUT2D eigenvalue weighted by atomic mass is 9.70. The van der Waals surface area contributed by atoms with Gasteiger partial charge in [-0.25, -0.2) is 4.79 Å². The molecule has 1 heterocycles. The summed E-state index contributed by atoms with van der Waals surface area (Å²) in [6.07, 6.45) is 3.49. The quantitative estimate of drug-likeness (QED) is 0.810. The predicted octanol–water partition coefficient (Wildman–Crippen LogP) is 2.33. The third kappa shape index (κ3) is 1.73. The van der Waals surface area contributed by atoms with E-state index in [4.69, 9.17) is 14.6 Å². The van der Waals surface area contributed by atoms with Crippen LogP contribution in [0.25, 0.3) is 0 Å². The van der Waals surface area contributed by atoms with Gasteiger partial charge in [-0.05, 0) is 31.0 Å². The number of fused-ring (bicyclic) bond motifs is 1. The Morgan fingerprint density at radius 3 is 2.47 bits per heavy atom. The molecule has 4 heteroatoms. The topological polar surface area (TPSA) is 55.8 Å². The molecule has 1 spiro atoms. The molecule has 1 aliphatic heterocycles. The van der Waals surface area contributed by atoms with Crippen LogP contribution in [0.4, 0.5) is 0 Å². The van der Waals surface area contributed by atoms with Gasteiger partial charge in [-0.15, -0.1) is 0 Å². The third-order valence-corrected chi connectivity index (χ3v) is 3.67. The van der Waals surface area contributed by atoms with Crippen molar-refractivity contribution in [2.45, 2.75) is 19.3 Å². The summed E-state index contributed by atoms with van der Waals surface area (Å²) in [5.41, 5.74) is 0.388. The molecule has 4 nitrogen and oxygen atoms in total. The normalized spacial score (nSPS) is 20.5. The minimum absolute atomic E-state index is 0.155. The van der Waals surface area contributed by atoms with E-state index in [1.807, 2.05) is 0 Å². The lowest BCUT2D eigenvalue weighted by Crippen LogP contribution is -2.39. The fourth-order valence-electron chi connectivity index (χ4n) is 2.34. The molecule has 0 radical (unpaired) electrons. The van der Waals surface area contributed by atoms with E-state index in [1.165, 1.54) is 12.5 Å². The fourth-order valence-corrected chi connectivity index (χ4v) is 2.34. The van der Waals surface area contributed by atoms with E-state index in [2.05, 4.69) is 0 Å². The van der Waals surface area contributed by atoms with Gasteiger partial charge in [0.1, 0.15) is 0 Å². The van der Waals surface area contributed by atoms with Crippen LogP contribution >= 0.6 is 0 Å². The molecule has 0 aromatic heterocycles. The van der Waals surface area contributed by atoms with Crippen LogP contribution in [-0.2, 0) is 0 Å². The molecule has 0 saturated heterocycles. The van der Waals surface area contributed by atoms with Crippen LogP contribution in [0.15, 0.2) is 18.2 Å². The molecule has 1 saturated carbocycles. The van der Waals surface area contributed by atoms with E-state index < -0.39 is 5.97 Å². The Balaban J connectivity index is 1.88. The van der Waals surface area contributed by atoms with Crippen molar-refractivity contribution in [1.82, 2.24) is 0 Å². The maximum Gasteiger partial charge on any atom is 0.335 e. The third-order valence-electron chi connectivity index (χ3n) is 3.67. The maximum absolute atomic E-state index is 10.9. The van der Waals surface area contributed by atoms with Crippen LogP contribution in [0.5, 0.6) is 11.5 Å². The Morgan fingerprint density at radius 1 is 1.18 bits per heavy atom. The Bertz CT molecular complexity index is 462. The first-order valence-corrected chi connectivity index (χ1v) is 5.82. The van der Waals surface area contributed by atoms with Gasteiger partial charge in [-0.1, -0.05) is 6.42 Å². The van der Waals surface area contributed by atoms with Crippen LogP contribution < -0.4 is 9.47 Å². The number of carboxylic acid groups (broad SMARTS) is 1. The molecule has 1 aromatic rings. The van der Waals surface area contributed by atoms with Crippen LogP contribution in [-0.4, -0.2) is 24.3 Å². The highest BCUT2D eigenvalue weighted by Gasteiger charge is 2.40. The molecule has 1 fully saturated rings. The molecule has 17 heavy (non-hydrogen) atoms. The van der Waals surface area contributed by atoms with E-state index in [9.17, 15) is 4.79 Å². The van der Waals surface area contributed by atoms with Crippen molar-refractivity contribution < 1.29 is 19.4 Å². The molecule has 3 rings (SSSR count). The molecule has 1 N–H and O–H groups in total. The van der Waals surface area contributed by atoms with Crippen molar-refractivity contribution in [3.8, 4) is 11.5 Å². The molecule has 1 aliphatic carbocycles. The predicted molar refractivity (Wildman–Crippen MR) is 60.7 cm³/mol. The monoisotopic (exact) mass is 234 g/mol. The summed E-state index contributed by atoms with van der Waals surface area (Å²) in [6.45, 7) is 1.30. The molecular weight excluding hydrogens is 220 g/mol. The Hall–Kier alpha value is -1.71. The van der Waals surface area contributed by atoms with Crippen molar-refractivity contribution in [3.63, 3.8) is 0 Å². The van der Waals surface area contributed by atoms with Crippen LogP contribution in [0, 0.1) is 5.41 Å². The van der Waals surface area contributed by atoms with E-state index in [1.54, 1.807) is 12.1 Å². The van der Waals surface area contributed by atoms with Crippen molar-refractivity contribution in [1.29, 1.82) is 0 Å². The number of aromatic carboxylic acids is 1. The van der Waals surface area contributed by atoms with Gasteiger partial charge >= 0.3 is 5.97 Å². The lowest BCUT2D eigenvalue weighted by molar-refractivity contribution is 0.0268. The number of ether oxygens (including phenoxy) is 2. The highest BCUT2D eigenvalue weighted by molar-refractivity contribution is 5.88. The highest BCUT2D eigenvalue weighted by Crippen LogP contribution is 2.45. The summed E-state index contributed by atoms with van der Waals surface area (Å²) in [7, 11) is 0. The first kappa shape index (κ1) is 10.4. The zero-order chi connectivity index (χ0) is 11.9. The number of hydrogen-bond acceptors (Lipinski definition) is 3. The SMILES string of the molecule is O=C(O)c1ccc2c(c1)OCC1(CCC1)CO2. The van der Waals surface area contributed by atoms with E-state index in [0.29, 0.717) is 24.7 Å². The number of carbonyl (C=O) groups is 1. The molecule has 1 aromatic carbocycles. The van der Waals surface area contributed by atoms with E-state index >= 15 is 0 Å². The summed E-state index contributed by atoms with van der Waals surface area (Å²) in [4.78, 5) is 10.9. The van der Waals surface area contributed by atoms with Crippen molar-refractivity contribution in [2.24, 2.45) is 5.41 Å². The van der Waals surface area contributed by atoms with Gasteiger partial charge in [0.15, 0.2) is 11.5 Å². The molecule has 0 amide bonds. The minimum Gasteiger partial charge on any atom is -0.489 e. The van der Waals surface area contributed by atoms with Gasteiger partial charge in [0.2, 0.25) is 0 Å². The van der Waals surface area contributed by atoms with Gasteiger partial charge < -0.3 is 14.6 Å².